The normalized spacial score (nSPS) is 16.3. The quantitative estimate of drug-likeness (QED) is 0.825. The molecule has 94 valence electrons. The van der Waals surface area contributed by atoms with Gasteiger partial charge in [-0.2, -0.15) is 0 Å². The van der Waals surface area contributed by atoms with Gasteiger partial charge in [0.05, 0.1) is 26.0 Å². The SMILES string of the molecule is Cc1ccc(Cn2cc(C3OCCO3)nn2)cc1. The first-order valence-electron chi connectivity index (χ1n) is 6.00. The molecule has 1 fully saturated rings. The summed E-state index contributed by atoms with van der Waals surface area (Å²) >= 11 is 0. The molecule has 1 aromatic carbocycles. The van der Waals surface area contributed by atoms with E-state index in [2.05, 4.69) is 41.5 Å². The molecule has 1 aromatic heterocycles. The minimum atomic E-state index is -0.350. The highest BCUT2D eigenvalue weighted by atomic mass is 16.7. The number of aryl methyl sites for hydroxylation is 1. The first kappa shape index (κ1) is 11.4. The van der Waals surface area contributed by atoms with Gasteiger partial charge in [-0.3, -0.25) is 0 Å². The minimum absolute atomic E-state index is 0.350. The Bertz CT molecular complexity index is 515. The van der Waals surface area contributed by atoms with Crippen LogP contribution in [-0.4, -0.2) is 28.2 Å². The van der Waals surface area contributed by atoms with Gasteiger partial charge in [0, 0.05) is 0 Å². The van der Waals surface area contributed by atoms with E-state index in [1.54, 1.807) is 4.68 Å². The fourth-order valence-corrected chi connectivity index (χ4v) is 1.91. The van der Waals surface area contributed by atoms with Crippen LogP contribution >= 0.6 is 0 Å². The average molecular weight is 245 g/mol. The molecule has 0 bridgehead atoms. The van der Waals surface area contributed by atoms with Crippen LogP contribution in [-0.2, 0) is 16.0 Å². The second kappa shape index (κ2) is 4.88. The lowest BCUT2D eigenvalue weighted by atomic mass is 10.1. The number of nitrogens with zero attached hydrogens (tertiary/aromatic N) is 3. The van der Waals surface area contributed by atoms with Crippen LogP contribution in [0.4, 0.5) is 0 Å². The van der Waals surface area contributed by atoms with Crippen LogP contribution in [0.3, 0.4) is 0 Å². The van der Waals surface area contributed by atoms with Crippen molar-refractivity contribution in [1.29, 1.82) is 0 Å². The fraction of sp³-hybridized carbons (Fsp3) is 0.385. The van der Waals surface area contributed by atoms with Crippen molar-refractivity contribution in [3.63, 3.8) is 0 Å². The van der Waals surface area contributed by atoms with E-state index in [-0.39, 0.29) is 6.29 Å². The summed E-state index contributed by atoms with van der Waals surface area (Å²) in [5.41, 5.74) is 3.19. The number of hydrogen-bond acceptors (Lipinski definition) is 4. The summed E-state index contributed by atoms with van der Waals surface area (Å²) in [4.78, 5) is 0. The molecule has 0 aliphatic carbocycles. The first-order valence-corrected chi connectivity index (χ1v) is 6.00. The smallest absolute Gasteiger partial charge is 0.204 e. The fourth-order valence-electron chi connectivity index (χ4n) is 1.91. The maximum Gasteiger partial charge on any atom is 0.204 e. The third-order valence-corrected chi connectivity index (χ3v) is 2.88. The monoisotopic (exact) mass is 245 g/mol. The molecule has 5 nitrogen and oxygen atoms in total. The lowest BCUT2D eigenvalue weighted by Gasteiger charge is -2.03. The summed E-state index contributed by atoms with van der Waals surface area (Å²) in [5.74, 6) is 0. The van der Waals surface area contributed by atoms with Crippen LogP contribution < -0.4 is 0 Å². The van der Waals surface area contributed by atoms with Crippen molar-refractivity contribution < 1.29 is 9.47 Å². The van der Waals surface area contributed by atoms with Gasteiger partial charge < -0.3 is 9.47 Å². The Hall–Kier alpha value is -1.72. The van der Waals surface area contributed by atoms with Crippen molar-refractivity contribution >= 4 is 0 Å². The van der Waals surface area contributed by atoms with E-state index in [1.807, 2.05) is 6.20 Å². The van der Waals surface area contributed by atoms with Gasteiger partial charge in [-0.1, -0.05) is 35.0 Å². The Morgan fingerprint density at radius 1 is 1.22 bits per heavy atom. The average Bonchev–Trinajstić information content (AvgIpc) is 3.02. The number of hydrogen-bond donors (Lipinski definition) is 0. The van der Waals surface area contributed by atoms with Crippen LogP contribution in [0.25, 0.3) is 0 Å². The van der Waals surface area contributed by atoms with Crippen LogP contribution in [0, 0.1) is 6.92 Å². The Morgan fingerprint density at radius 2 is 1.94 bits per heavy atom. The molecule has 0 unspecified atom stereocenters. The molecule has 0 saturated carbocycles. The highest BCUT2D eigenvalue weighted by molar-refractivity contribution is 5.21. The summed E-state index contributed by atoms with van der Waals surface area (Å²) < 4.78 is 12.6. The summed E-state index contributed by atoms with van der Waals surface area (Å²) in [5, 5.41) is 8.16. The van der Waals surface area contributed by atoms with Crippen LogP contribution in [0.15, 0.2) is 30.5 Å². The summed E-state index contributed by atoms with van der Waals surface area (Å²) in [6.45, 7) is 4.02. The maximum atomic E-state index is 5.38. The third-order valence-electron chi connectivity index (χ3n) is 2.88. The minimum Gasteiger partial charge on any atom is -0.345 e. The molecule has 1 aliphatic rings. The van der Waals surface area contributed by atoms with Gasteiger partial charge in [-0.25, -0.2) is 4.68 Å². The molecule has 1 saturated heterocycles. The lowest BCUT2D eigenvalue weighted by molar-refractivity contribution is -0.0473. The molecular weight excluding hydrogens is 230 g/mol. The molecule has 1 aliphatic heterocycles. The van der Waals surface area contributed by atoms with Crippen LogP contribution in [0.1, 0.15) is 23.1 Å². The first-order chi connectivity index (χ1) is 8.81. The van der Waals surface area contributed by atoms with E-state index >= 15 is 0 Å². The molecular formula is C13H15N3O2. The second-order valence-electron chi connectivity index (χ2n) is 4.40. The van der Waals surface area contributed by atoms with E-state index in [4.69, 9.17) is 9.47 Å². The zero-order valence-electron chi connectivity index (χ0n) is 10.2. The zero-order chi connectivity index (χ0) is 12.4. The van der Waals surface area contributed by atoms with Gasteiger partial charge in [0.15, 0.2) is 0 Å². The van der Waals surface area contributed by atoms with Gasteiger partial charge in [-0.15, -0.1) is 5.10 Å². The molecule has 0 N–H and O–H groups in total. The number of ether oxygens (including phenoxy) is 2. The number of aromatic nitrogens is 3. The Labute approximate surface area is 105 Å². The summed E-state index contributed by atoms with van der Waals surface area (Å²) in [6, 6.07) is 8.38. The van der Waals surface area contributed by atoms with Crippen molar-refractivity contribution in [2.75, 3.05) is 13.2 Å². The van der Waals surface area contributed by atoms with E-state index in [0.717, 1.165) is 5.69 Å². The van der Waals surface area contributed by atoms with E-state index in [1.165, 1.54) is 11.1 Å². The summed E-state index contributed by atoms with van der Waals surface area (Å²) in [7, 11) is 0. The van der Waals surface area contributed by atoms with Crippen molar-refractivity contribution in [2.45, 2.75) is 19.8 Å². The Balaban J connectivity index is 1.71. The van der Waals surface area contributed by atoms with E-state index in [9.17, 15) is 0 Å². The third kappa shape index (κ3) is 2.42. The number of rotatable bonds is 3. The van der Waals surface area contributed by atoms with Gasteiger partial charge in [0.2, 0.25) is 6.29 Å². The van der Waals surface area contributed by atoms with Crippen molar-refractivity contribution in [1.82, 2.24) is 15.0 Å². The van der Waals surface area contributed by atoms with Gasteiger partial charge in [0.25, 0.3) is 0 Å². The topological polar surface area (TPSA) is 49.2 Å². The maximum absolute atomic E-state index is 5.38. The zero-order valence-corrected chi connectivity index (χ0v) is 10.2. The largest absolute Gasteiger partial charge is 0.345 e. The second-order valence-corrected chi connectivity index (χ2v) is 4.40. The molecule has 5 heteroatoms. The highest BCUT2D eigenvalue weighted by Gasteiger charge is 2.21. The molecule has 0 spiro atoms. The van der Waals surface area contributed by atoms with Gasteiger partial charge in [0.1, 0.15) is 5.69 Å². The number of benzene rings is 1. The molecule has 0 amide bonds. The molecule has 0 radical (unpaired) electrons. The predicted molar refractivity (Wildman–Crippen MR) is 64.9 cm³/mol. The van der Waals surface area contributed by atoms with Crippen LogP contribution in [0.5, 0.6) is 0 Å². The van der Waals surface area contributed by atoms with E-state index in [0.29, 0.717) is 19.8 Å². The van der Waals surface area contributed by atoms with E-state index < -0.39 is 0 Å². The molecule has 2 heterocycles. The van der Waals surface area contributed by atoms with Crippen molar-refractivity contribution in [2.24, 2.45) is 0 Å². The Kier molecular flexibility index (Phi) is 3.08. The molecule has 3 rings (SSSR count). The van der Waals surface area contributed by atoms with Gasteiger partial charge in [-0.05, 0) is 12.5 Å². The lowest BCUT2D eigenvalue weighted by Crippen LogP contribution is -2.00. The van der Waals surface area contributed by atoms with Crippen molar-refractivity contribution in [3.8, 4) is 0 Å². The molecule has 0 atom stereocenters. The standard InChI is InChI=1S/C13H15N3O2/c1-10-2-4-11(5-3-10)8-16-9-12(14-15-16)13-17-6-7-18-13/h2-5,9,13H,6-8H2,1H3. The molecule has 2 aromatic rings. The van der Waals surface area contributed by atoms with Crippen LogP contribution in [0.2, 0.25) is 0 Å². The van der Waals surface area contributed by atoms with Crippen molar-refractivity contribution in [3.05, 3.63) is 47.3 Å². The summed E-state index contributed by atoms with van der Waals surface area (Å²) in [6.07, 6.45) is 1.52. The highest BCUT2D eigenvalue weighted by Crippen LogP contribution is 2.20. The Morgan fingerprint density at radius 3 is 2.67 bits per heavy atom. The molecule has 18 heavy (non-hydrogen) atoms. The predicted octanol–water partition coefficient (Wildman–Crippen LogP) is 1.68. The van der Waals surface area contributed by atoms with Gasteiger partial charge >= 0.3 is 0 Å².